The van der Waals surface area contributed by atoms with E-state index in [1.807, 2.05) is 37.9 Å². The molecule has 0 N–H and O–H groups in total. The third-order valence-electron chi connectivity index (χ3n) is 3.67. The van der Waals surface area contributed by atoms with E-state index in [1.54, 1.807) is 6.92 Å². The molecule has 1 atom stereocenters. The molecular formula is C22H29O5PS. The van der Waals surface area contributed by atoms with Crippen LogP contribution < -0.4 is 0 Å². The summed E-state index contributed by atoms with van der Waals surface area (Å²) in [5, 5.41) is 0. The molecule has 0 aromatic heterocycles. The summed E-state index contributed by atoms with van der Waals surface area (Å²) in [6.07, 6.45) is 0.524. The molecule has 1 unspecified atom stereocenters. The van der Waals surface area contributed by atoms with Gasteiger partial charge in [-0.05, 0) is 44.0 Å². The second kappa shape index (κ2) is 13.2. The quantitative estimate of drug-likeness (QED) is 0.377. The van der Waals surface area contributed by atoms with Crippen molar-refractivity contribution >= 4 is 36.5 Å². The molecule has 0 heterocycles. The maximum absolute atomic E-state index is 11.2. The Balaban J connectivity index is 0.000000499. The van der Waals surface area contributed by atoms with E-state index in [2.05, 4.69) is 20.0 Å². The van der Waals surface area contributed by atoms with Gasteiger partial charge in [-0.2, -0.15) is 8.42 Å². The number of rotatable bonds is 6. The SMILES string of the molecule is C=C(C)c1ccc(CC(C)=O)cc1.COS(=O)(=O)c1ccc(C(C)=O)cc1.CP. The summed E-state index contributed by atoms with van der Waals surface area (Å²) in [5.74, 6) is 0.0921. The van der Waals surface area contributed by atoms with Crippen molar-refractivity contribution in [2.75, 3.05) is 13.8 Å². The van der Waals surface area contributed by atoms with Gasteiger partial charge in [0.15, 0.2) is 5.78 Å². The van der Waals surface area contributed by atoms with Crippen LogP contribution in [0, 0.1) is 0 Å². The van der Waals surface area contributed by atoms with E-state index < -0.39 is 10.1 Å². The van der Waals surface area contributed by atoms with Crippen LogP contribution in [-0.4, -0.2) is 33.8 Å². The van der Waals surface area contributed by atoms with Crippen LogP contribution in [0.3, 0.4) is 0 Å². The van der Waals surface area contributed by atoms with Crippen molar-refractivity contribution < 1.29 is 22.2 Å². The molecule has 0 saturated heterocycles. The molecule has 2 aromatic carbocycles. The summed E-state index contributed by atoms with van der Waals surface area (Å²) in [5.41, 5.74) is 3.72. The zero-order valence-electron chi connectivity index (χ0n) is 17.6. The number of Topliss-reactive ketones (excluding diaryl/α,β-unsaturated/α-hetero) is 2. The zero-order valence-corrected chi connectivity index (χ0v) is 19.5. The predicted molar refractivity (Wildman–Crippen MR) is 122 cm³/mol. The van der Waals surface area contributed by atoms with Crippen molar-refractivity contribution in [3.63, 3.8) is 0 Å². The average Bonchev–Trinajstić information content (AvgIpc) is 2.70. The lowest BCUT2D eigenvalue weighted by Crippen LogP contribution is -2.03. The van der Waals surface area contributed by atoms with E-state index in [-0.39, 0.29) is 16.5 Å². The van der Waals surface area contributed by atoms with Gasteiger partial charge in [-0.1, -0.05) is 55.2 Å². The molecule has 0 aliphatic heterocycles. The van der Waals surface area contributed by atoms with Crippen molar-refractivity contribution in [2.24, 2.45) is 0 Å². The Morgan fingerprint density at radius 3 is 1.69 bits per heavy atom. The summed E-state index contributed by atoms with van der Waals surface area (Å²) >= 11 is 0. The standard InChI is InChI=1S/C12H14O.C9H10O4S.CH5P/c1-9(2)12-6-4-11(5-7-12)8-10(3)13;1-7(10)8-3-5-9(6-4-8)14(11,12)13-2;1-2/h4-7H,1,8H2,2-3H3;3-6H,1-2H3;2H2,1H3. The van der Waals surface area contributed by atoms with Crippen LogP contribution in [0.15, 0.2) is 60.0 Å². The van der Waals surface area contributed by atoms with Crippen molar-refractivity contribution in [1.82, 2.24) is 0 Å². The molecule has 5 nitrogen and oxygen atoms in total. The van der Waals surface area contributed by atoms with Gasteiger partial charge in [0.2, 0.25) is 0 Å². The van der Waals surface area contributed by atoms with E-state index in [4.69, 9.17) is 0 Å². The molecule has 158 valence electrons. The number of benzene rings is 2. The lowest BCUT2D eigenvalue weighted by Gasteiger charge is -2.01. The monoisotopic (exact) mass is 436 g/mol. The molecule has 0 bridgehead atoms. The molecule has 0 aliphatic carbocycles. The normalized spacial score (nSPS) is 10.0. The van der Waals surface area contributed by atoms with Crippen LogP contribution in [-0.2, 0) is 25.5 Å². The number of hydrogen-bond donors (Lipinski definition) is 0. The van der Waals surface area contributed by atoms with E-state index in [0.717, 1.165) is 23.8 Å². The lowest BCUT2D eigenvalue weighted by molar-refractivity contribution is -0.116. The van der Waals surface area contributed by atoms with E-state index in [0.29, 0.717) is 12.0 Å². The summed E-state index contributed by atoms with van der Waals surface area (Å²) < 4.78 is 26.7. The van der Waals surface area contributed by atoms with Gasteiger partial charge in [0, 0.05) is 12.0 Å². The zero-order chi connectivity index (χ0) is 22.6. The third kappa shape index (κ3) is 9.75. The van der Waals surface area contributed by atoms with Crippen molar-refractivity contribution in [1.29, 1.82) is 0 Å². The van der Waals surface area contributed by atoms with Gasteiger partial charge in [-0.25, -0.2) is 0 Å². The van der Waals surface area contributed by atoms with Crippen LogP contribution in [0.1, 0.15) is 42.3 Å². The minimum absolute atomic E-state index is 0.0463. The fraction of sp³-hybridized carbons (Fsp3) is 0.273. The fourth-order valence-corrected chi connectivity index (χ4v) is 2.81. The second-order valence-electron chi connectivity index (χ2n) is 6.06. The number of carbonyl (C=O) groups excluding carboxylic acids is 2. The van der Waals surface area contributed by atoms with E-state index in [9.17, 15) is 18.0 Å². The van der Waals surface area contributed by atoms with Gasteiger partial charge in [0.25, 0.3) is 10.1 Å². The second-order valence-corrected chi connectivity index (χ2v) is 7.77. The first-order chi connectivity index (χ1) is 13.6. The summed E-state index contributed by atoms with van der Waals surface area (Å²) in [6, 6.07) is 13.5. The number of ketones is 2. The van der Waals surface area contributed by atoms with Crippen molar-refractivity contribution in [3.8, 4) is 0 Å². The molecule has 2 rings (SSSR count). The van der Waals surface area contributed by atoms with Crippen molar-refractivity contribution in [2.45, 2.75) is 32.1 Å². The predicted octanol–water partition coefficient (Wildman–Crippen LogP) is 4.57. The van der Waals surface area contributed by atoms with Gasteiger partial charge >= 0.3 is 0 Å². The van der Waals surface area contributed by atoms with Gasteiger partial charge in [0.05, 0.1) is 12.0 Å². The number of allylic oxidation sites excluding steroid dienone is 1. The maximum atomic E-state index is 11.2. The highest BCUT2D eigenvalue weighted by Gasteiger charge is 2.12. The maximum Gasteiger partial charge on any atom is 0.296 e. The number of carbonyl (C=O) groups is 2. The highest BCUT2D eigenvalue weighted by atomic mass is 32.2. The highest BCUT2D eigenvalue weighted by molar-refractivity contribution is 7.86. The Hall–Kier alpha value is -2.14. The first-order valence-electron chi connectivity index (χ1n) is 8.80. The van der Waals surface area contributed by atoms with Crippen molar-refractivity contribution in [3.05, 3.63) is 71.8 Å². The first-order valence-corrected chi connectivity index (χ1v) is 11.4. The molecule has 0 saturated carbocycles. The topological polar surface area (TPSA) is 77.5 Å². The van der Waals surface area contributed by atoms with Crippen LogP contribution in [0.25, 0.3) is 5.57 Å². The Morgan fingerprint density at radius 2 is 1.34 bits per heavy atom. The smallest absolute Gasteiger partial charge is 0.296 e. The molecule has 29 heavy (non-hydrogen) atoms. The summed E-state index contributed by atoms with van der Waals surface area (Å²) in [4.78, 5) is 21.8. The summed E-state index contributed by atoms with van der Waals surface area (Å²) in [6.45, 7) is 10.8. The molecule has 0 radical (unpaired) electrons. The van der Waals surface area contributed by atoms with Crippen LogP contribution >= 0.6 is 9.24 Å². The molecule has 0 spiro atoms. The highest BCUT2D eigenvalue weighted by Crippen LogP contribution is 2.13. The Bertz CT molecular complexity index is 915. The Labute approximate surface area is 176 Å². The minimum atomic E-state index is -3.65. The van der Waals surface area contributed by atoms with Crippen LogP contribution in [0.4, 0.5) is 0 Å². The molecule has 0 fully saturated rings. The minimum Gasteiger partial charge on any atom is -0.300 e. The van der Waals surface area contributed by atoms with Crippen LogP contribution in [0.5, 0.6) is 0 Å². The Morgan fingerprint density at radius 1 is 0.897 bits per heavy atom. The first kappa shape index (κ1) is 26.9. The largest absolute Gasteiger partial charge is 0.300 e. The number of hydrogen-bond acceptors (Lipinski definition) is 5. The molecule has 7 heteroatoms. The van der Waals surface area contributed by atoms with Gasteiger partial charge in [0.1, 0.15) is 5.78 Å². The van der Waals surface area contributed by atoms with Gasteiger partial charge in [-0.3, -0.25) is 13.8 Å². The molecule has 2 aromatic rings. The lowest BCUT2D eigenvalue weighted by atomic mass is 10.0. The Kier molecular flexibility index (Phi) is 12.2. The average molecular weight is 437 g/mol. The molecule has 0 aliphatic rings. The molecular weight excluding hydrogens is 407 g/mol. The summed E-state index contributed by atoms with van der Waals surface area (Å²) in [7, 11) is -0.144. The van der Waals surface area contributed by atoms with E-state index in [1.165, 1.54) is 31.2 Å². The van der Waals surface area contributed by atoms with Crippen LogP contribution in [0.2, 0.25) is 0 Å². The molecule has 0 amide bonds. The van der Waals surface area contributed by atoms with Gasteiger partial charge < -0.3 is 0 Å². The fourth-order valence-electron chi connectivity index (χ4n) is 2.15. The van der Waals surface area contributed by atoms with Gasteiger partial charge in [-0.15, -0.1) is 9.24 Å². The third-order valence-corrected chi connectivity index (χ3v) is 4.96. The van der Waals surface area contributed by atoms with E-state index >= 15 is 0 Å².